The van der Waals surface area contributed by atoms with Crippen LogP contribution < -0.4 is 11.1 Å². The van der Waals surface area contributed by atoms with E-state index in [1.807, 2.05) is 6.92 Å². The van der Waals surface area contributed by atoms with Gasteiger partial charge in [-0.25, -0.2) is 0 Å². The first kappa shape index (κ1) is 14.3. The van der Waals surface area contributed by atoms with Crippen LogP contribution in [0.25, 0.3) is 0 Å². The first-order chi connectivity index (χ1) is 8.10. The Kier molecular flexibility index (Phi) is 5.21. The monoisotopic (exact) mass is 258 g/mol. The summed E-state index contributed by atoms with van der Waals surface area (Å²) in [6.45, 7) is 1.95. The van der Waals surface area contributed by atoms with Crippen LogP contribution >= 0.6 is 11.6 Å². The standard InChI is InChI=1S/C12H19ClN2O2/c1-2-12(7-16,8-17)15-11-4-3-10(13)5-9(11)6-14/h3-5,15-17H,2,6-8,14H2,1H3. The highest BCUT2D eigenvalue weighted by Crippen LogP contribution is 2.24. The largest absolute Gasteiger partial charge is 0.394 e. The van der Waals surface area contributed by atoms with Gasteiger partial charge in [-0.1, -0.05) is 18.5 Å². The summed E-state index contributed by atoms with van der Waals surface area (Å²) in [6.07, 6.45) is 0.604. The van der Waals surface area contributed by atoms with Crippen molar-refractivity contribution in [3.05, 3.63) is 28.8 Å². The summed E-state index contributed by atoms with van der Waals surface area (Å²) in [5.41, 5.74) is 6.57. The number of halogens is 1. The number of hydrogen-bond donors (Lipinski definition) is 4. The number of rotatable bonds is 6. The molecular formula is C12H19ClN2O2. The zero-order valence-electron chi connectivity index (χ0n) is 9.91. The van der Waals surface area contributed by atoms with Crippen LogP contribution in [0.2, 0.25) is 5.02 Å². The van der Waals surface area contributed by atoms with Crippen molar-refractivity contribution in [3.63, 3.8) is 0 Å². The number of benzene rings is 1. The first-order valence-corrected chi connectivity index (χ1v) is 5.97. The average molecular weight is 259 g/mol. The van der Waals surface area contributed by atoms with Crippen LogP contribution in [0, 0.1) is 0 Å². The maximum absolute atomic E-state index is 9.38. The predicted molar refractivity (Wildman–Crippen MR) is 70.2 cm³/mol. The molecule has 5 N–H and O–H groups in total. The van der Waals surface area contributed by atoms with E-state index in [0.717, 1.165) is 11.3 Å². The van der Waals surface area contributed by atoms with Crippen LogP contribution in [0.1, 0.15) is 18.9 Å². The Morgan fingerprint density at radius 2 is 2.00 bits per heavy atom. The van der Waals surface area contributed by atoms with Crippen LogP contribution in [-0.2, 0) is 6.54 Å². The minimum absolute atomic E-state index is 0.146. The van der Waals surface area contributed by atoms with E-state index in [2.05, 4.69) is 5.32 Å². The van der Waals surface area contributed by atoms with Crippen LogP contribution in [0.4, 0.5) is 5.69 Å². The third-order valence-corrected chi connectivity index (χ3v) is 3.20. The predicted octanol–water partition coefficient (Wildman–Crippen LogP) is 1.34. The van der Waals surface area contributed by atoms with Gasteiger partial charge in [0, 0.05) is 17.3 Å². The molecule has 0 aliphatic heterocycles. The molecule has 17 heavy (non-hydrogen) atoms. The molecule has 0 aliphatic rings. The van der Waals surface area contributed by atoms with E-state index in [1.54, 1.807) is 18.2 Å². The van der Waals surface area contributed by atoms with Crippen molar-refractivity contribution >= 4 is 17.3 Å². The van der Waals surface area contributed by atoms with Crippen molar-refractivity contribution in [2.24, 2.45) is 5.73 Å². The number of aliphatic hydroxyl groups is 2. The number of hydrogen-bond acceptors (Lipinski definition) is 4. The summed E-state index contributed by atoms with van der Waals surface area (Å²) < 4.78 is 0. The Bertz CT molecular complexity index is 359. The molecule has 5 heteroatoms. The lowest BCUT2D eigenvalue weighted by atomic mass is 9.97. The highest BCUT2D eigenvalue weighted by atomic mass is 35.5. The molecule has 1 aromatic carbocycles. The molecule has 4 nitrogen and oxygen atoms in total. The van der Waals surface area contributed by atoms with Gasteiger partial charge in [0.2, 0.25) is 0 Å². The zero-order valence-corrected chi connectivity index (χ0v) is 10.7. The van der Waals surface area contributed by atoms with Crippen molar-refractivity contribution in [3.8, 4) is 0 Å². The second kappa shape index (κ2) is 6.21. The van der Waals surface area contributed by atoms with Crippen molar-refractivity contribution in [2.45, 2.75) is 25.4 Å². The van der Waals surface area contributed by atoms with Crippen LogP contribution in [-0.4, -0.2) is 29.0 Å². The van der Waals surface area contributed by atoms with Crippen molar-refractivity contribution in [1.29, 1.82) is 0 Å². The van der Waals surface area contributed by atoms with Crippen molar-refractivity contribution < 1.29 is 10.2 Å². The van der Waals surface area contributed by atoms with Crippen LogP contribution in [0.3, 0.4) is 0 Å². The molecule has 0 aromatic heterocycles. The van der Waals surface area contributed by atoms with Crippen LogP contribution in [0.15, 0.2) is 18.2 Å². The molecule has 0 bridgehead atoms. The van der Waals surface area contributed by atoms with Gasteiger partial charge in [0.1, 0.15) is 0 Å². The SMILES string of the molecule is CCC(CO)(CO)Nc1ccc(Cl)cc1CN. The van der Waals surface area contributed by atoms with E-state index in [0.29, 0.717) is 18.0 Å². The van der Waals surface area contributed by atoms with Gasteiger partial charge in [0.15, 0.2) is 0 Å². The van der Waals surface area contributed by atoms with Gasteiger partial charge >= 0.3 is 0 Å². The fourth-order valence-electron chi connectivity index (χ4n) is 1.58. The molecule has 0 saturated carbocycles. The highest BCUT2D eigenvalue weighted by molar-refractivity contribution is 6.30. The first-order valence-electron chi connectivity index (χ1n) is 5.59. The second-order valence-electron chi connectivity index (χ2n) is 4.08. The minimum Gasteiger partial charge on any atom is -0.394 e. The van der Waals surface area contributed by atoms with E-state index < -0.39 is 5.54 Å². The fourth-order valence-corrected chi connectivity index (χ4v) is 1.77. The maximum atomic E-state index is 9.38. The number of anilines is 1. The Morgan fingerprint density at radius 3 is 2.47 bits per heavy atom. The summed E-state index contributed by atoms with van der Waals surface area (Å²) >= 11 is 5.89. The molecule has 0 amide bonds. The quantitative estimate of drug-likeness (QED) is 0.621. The number of nitrogens with two attached hydrogens (primary N) is 1. The summed E-state index contributed by atoms with van der Waals surface area (Å²) in [4.78, 5) is 0. The normalized spacial score (nSPS) is 11.6. The molecule has 0 fully saturated rings. The molecule has 1 rings (SSSR count). The molecule has 0 unspecified atom stereocenters. The Labute approximate surface area is 106 Å². The van der Waals surface area contributed by atoms with E-state index >= 15 is 0 Å². The second-order valence-corrected chi connectivity index (χ2v) is 4.52. The molecule has 0 spiro atoms. The number of nitrogens with one attached hydrogen (secondary N) is 1. The van der Waals surface area contributed by atoms with Gasteiger partial charge in [-0.15, -0.1) is 0 Å². The van der Waals surface area contributed by atoms with Crippen molar-refractivity contribution in [2.75, 3.05) is 18.5 Å². The molecule has 0 heterocycles. The maximum Gasteiger partial charge on any atom is 0.0832 e. The lowest BCUT2D eigenvalue weighted by Crippen LogP contribution is -2.45. The Hall–Kier alpha value is -0.810. The van der Waals surface area contributed by atoms with E-state index in [-0.39, 0.29) is 13.2 Å². The molecule has 1 aromatic rings. The molecule has 0 radical (unpaired) electrons. The number of aliphatic hydroxyl groups excluding tert-OH is 2. The Morgan fingerprint density at radius 1 is 1.35 bits per heavy atom. The Balaban J connectivity index is 3.00. The van der Waals surface area contributed by atoms with E-state index in [4.69, 9.17) is 17.3 Å². The summed E-state index contributed by atoms with van der Waals surface area (Å²) in [5.74, 6) is 0. The minimum atomic E-state index is -0.724. The third-order valence-electron chi connectivity index (χ3n) is 2.97. The third kappa shape index (κ3) is 3.33. The zero-order chi connectivity index (χ0) is 12.9. The van der Waals surface area contributed by atoms with Gasteiger partial charge in [-0.3, -0.25) is 0 Å². The van der Waals surface area contributed by atoms with Crippen LogP contribution in [0.5, 0.6) is 0 Å². The van der Waals surface area contributed by atoms with Gasteiger partial charge in [-0.2, -0.15) is 0 Å². The highest BCUT2D eigenvalue weighted by Gasteiger charge is 2.26. The van der Waals surface area contributed by atoms with Gasteiger partial charge in [-0.05, 0) is 30.2 Å². The van der Waals surface area contributed by atoms with Gasteiger partial charge < -0.3 is 21.3 Å². The van der Waals surface area contributed by atoms with Crippen molar-refractivity contribution in [1.82, 2.24) is 0 Å². The smallest absolute Gasteiger partial charge is 0.0832 e. The van der Waals surface area contributed by atoms with E-state index in [1.165, 1.54) is 0 Å². The summed E-state index contributed by atoms with van der Waals surface area (Å²) in [7, 11) is 0. The van der Waals surface area contributed by atoms with E-state index in [9.17, 15) is 10.2 Å². The van der Waals surface area contributed by atoms with Gasteiger partial charge in [0.25, 0.3) is 0 Å². The van der Waals surface area contributed by atoms with Gasteiger partial charge in [0.05, 0.1) is 18.8 Å². The summed E-state index contributed by atoms with van der Waals surface area (Å²) in [6, 6.07) is 5.33. The topological polar surface area (TPSA) is 78.5 Å². The lowest BCUT2D eigenvalue weighted by molar-refractivity contribution is 0.132. The summed E-state index contributed by atoms with van der Waals surface area (Å²) in [5, 5.41) is 22.5. The fraction of sp³-hybridized carbons (Fsp3) is 0.500. The lowest BCUT2D eigenvalue weighted by Gasteiger charge is -2.31. The molecule has 0 saturated heterocycles. The molecule has 0 atom stereocenters. The average Bonchev–Trinajstić information content (AvgIpc) is 2.37. The molecule has 0 aliphatic carbocycles. The molecular weight excluding hydrogens is 240 g/mol. The molecule has 96 valence electrons.